The van der Waals surface area contributed by atoms with Crippen molar-refractivity contribution in [2.24, 2.45) is 5.92 Å². The van der Waals surface area contributed by atoms with Crippen molar-refractivity contribution in [1.29, 1.82) is 0 Å². The Labute approximate surface area is 167 Å². The SMILES string of the molecule is CSc1cccc(N2CC(C(=O)Nc3ccc4c(c3F)CCNC4)CC2=O)c1. The van der Waals surface area contributed by atoms with E-state index >= 15 is 0 Å². The van der Waals surface area contributed by atoms with Gasteiger partial charge in [-0.05, 0) is 54.6 Å². The standard InChI is InChI=1S/C21H22FN3O2S/c1-28-16-4-2-3-15(10-16)25-12-14(9-19(25)26)21(27)24-18-6-5-13-11-23-8-7-17(13)20(18)22/h2-6,10,14,23H,7-9,11-12H2,1H3,(H,24,27). The molecule has 0 aromatic heterocycles. The molecule has 2 amide bonds. The van der Waals surface area contributed by atoms with Crippen LogP contribution >= 0.6 is 11.8 Å². The Morgan fingerprint density at radius 2 is 2.18 bits per heavy atom. The first-order valence-electron chi connectivity index (χ1n) is 9.33. The maximum Gasteiger partial charge on any atom is 0.229 e. The number of thioether (sulfide) groups is 1. The number of halogens is 1. The third-order valence-electron chi connectivity index (χ3n) is 5.33. The van der Waals surface area contributed by atoms with Crippen LogP contribution in [0.5, 0.6) is 0 Å². The molecule has 1 saturated heterocycles. The van der Waals surface area contributed by atoms with Crippen LogP contribution in [-0.2, 0) is 22.6 Å². The third kappa shape index (κ3) is 3.64. The van der Waals surface area contributed by atoms with Crippen LogP contribution in [0.25, 0.3) is 0 Å². The van der Waals surface area contributed by atoms with E-state index in [2.05, 4.69) is 10.6 Å². The van der Waals surface area contributed by atoms with Gasteiger partial charge in [0.25, 0.3) is 0 Å². The highest BCUT2D eigenvalue weighted by molar-refractivity contribution is 7.98. The van der Waals surface area contributed by atoms with Gasteiger partial charge < -0.3 is 15.5 Å². The quantitative estimate of drug-likeness (QED) is 0.776. The van der Waals surface area contributed by atoms with Crippen molar-refractivity contribution in [3.63, 3.8) is 0 Å². The Hall–Kier alpha value is -2.38. The van der Waals surface area contributed by atoms with Gasteiger partial charge in [0.05, 0.1) is 11.6 Å². The number of amides is 2. The first kappa shape index (κ1) is 19.0. The Morgan fingerprint density at radius 3 is 3.00 bits per heavy atom. The second kappa shape index (κ2) is 7.93. The molecule has 2 aromatic rings. The van der Waals surface area contributed by atoms with Crippen LogP contribution in [0.4, 0.5) is 15.8 Å². The van der Waals surface area contributed by atoms with Crippen LogP contribution in [-0.4, -0.2) is 31.2 Å². The molecule has 1 fully saturated rings. The average molecular weight is 399 g/mol. The van der Waals surface area contributed by atoms with E-state index < -0.39 is 5.92 Å². The fourth-order valence-electron chi connectivity index (χ4n) is 3.78. The summed E-state index contributed by atoms with van der Waals surface area (Å²) in [6.45, 7) is 1.67. The molecule has 1 atom stereocenters. The molecule has 5 nitrogen and oxygen atoms in total. The zero-order valence-electron chi connectivity index (χ0n) is 15.6. The molecule has 146 valence electrons. The number of benzene rings is 2. The Balaban J connectivity index is 1.48. The number of carbonyl (C=O) groups excluding carboxylic acids is 2. The number of rotatable bonds is 4. The molecule has 0 spiro atoms. The Bertz CT molecular complexity index is 934. The predicted octanol–water partition coefficient (Wildman–Crippen LogP) is 3.18. The molecule has 2 heterocycles. The fraction of sp³-hybridized carbons (Fsp3) is 0.333. The molecule has 2 aliphatic rings. The lowest BCUT2D eigenvalue weighted by Gasteiger charge is -2.20. The molecule has 2 N–H and O–H groups in total. The summed E-state index contributed by atoms with van der Waals surface area (Å²) in [6, 6.07) is 11.2. The van der Waals surface area contributed by atoms with Crippen molar-refractivity contribution in [3.8, 4) is 0 Å². The fourth-order valence-corrected chi connectivity index (χ4v) is 4.23. The van der Waals surface area contributed by atoms with Crippen LogP contribution in [0.2, 0.25) is 0 Å². The van der Waals surface area contributed by atoms with Gasteiger partial charge in [0, 0.05) is 30.1 Å². The molecular weight excluding hydrogens is 377 g/mol. The molecule has 4 rings (SSSR count). The molecule has 2 aromatic carbocycles. The summed E-state index contributed by atoms with van der Waals surface area (Å²) < 4.78 is 14.8. The van der Waals surface area contributed by atoms with Gasteiger partial charge in [-0.3, -0.25) is 9.59 Å². The summed E-state index contributed by atoms with van der Waals surface area (Å²) in [5.41, 5.74) is 2.58. The van der Waals surface area contributed by atoms with Gasteiger partial charge in [0.1, 0.15) is 5.82 Å². The number of nitrogens with zero attached hydrogens (tertiary/aromatic N) is 1. The van der Waals surface area contributed by atoms with Crippen molar-refractivity contribution in [2.75, 3.05) is 29.6 Å². The second-order valence-electron chi connectivity index (χ2n) is 7.09. The lowest BCUT2D eigenvalue weighted by atomic mass is 9.99. The zero-order chi connectivity index (χ0) is 19.7. The Kier molecular flexibility index (Phi) is 5.37. The van der Waals surface area contributed by atoms with Crippen LogP contribution in [0, 0.1) is 11.7 Å². The molecule has 1 unspecified atom stereocenters. The second-order valence-corrected chi connectivity index (χ2v) is 7.97. The van der Waals surface area contributed by atoms with Gasteiger partial charge in [0.15, 0.2) is 0 Å². The highest BCUT2D eigenvalue weighted by atomic mass is 32.2. The first-order chi connectivity index (χ1) is 13.6. The minimum atomic E-state index is -0.498. The van der Waals surface area contributed by atoms with Crippen molar-refractivity contribution >= 4 is 35.0 Å². The summed E-state index contributed by atoms with van der Waals surface area (Å²) in [6.07, 6.45) is 2.71. The Morgan fingerprint density at radius 1 is 1.32 bits per heavy atom. The van der Waals surface area contributed by atoms with Gasteiger partial charge in [-0.1, -0.05) is 12.1 Å². The molecule has 7 heteroatoms. The van der Waals surface area contributed by atoms with E-state index in [0.29, 0.717) is 25.1 Å². The minimum absolute atomic E-state index is 0.0876. The largest absolute Gasteiger partial charge is 0.323 e. The van der Waals surface area contributed by atoms with E-state index in [1.807, 2.05) is 36.6 Å². The predicted molar refractivity (Wildman–Crippen MR) is 109 cm³/mol. The van der Waals surface area contributed by atoms with Crippen LogP contribution in [0.1, 0.15) is 17.5 Å². The van der Waals surface area contributed by atoms with E-state index in [9.17, 15) is 14.0 Å². The smallest absolute Gasteiger partial charge is 0.229 e. The normalized spacial score (nSPS) is 18.9. The number of fused-ring (bicyclic) bond motifs is 1. The summed E-state index contributed by atoms with van der Waals surface area (Å²) in [7, 11) is 0. The summed E-state index contributed by atoms with van der Waals surface area (Å²) >= 11 is 1.60. The molecule has 0 saturated carbocycles. The highest BCUT2D eigenvalue weighted by Crippen LogP contribution is 2.30. The van der Waals surface area contributed by atoms with Gasteiger partial charge in [-0.2, -0.15) is 0 Å². The van der Waals surface area contributed by atoms with Gasteiger partial charge in [0.2, 0.25) is 11.8 Å². The number of carbonyl (C=O) groups is 2. The summed E-state index contributed by atoms with van der Waals surface area (Å²) in [4.78, 5) is 27.9. The number of hydrogen-bond acceptors (Lipinski definition) is 4. The molecule has 0 aliphatic carbocycles. The van der Waals surface area contributed by atoms with Gasteiger partial charge in [-0.25, -0.2) is 4.39 Å². The number of anilines is 2. The molecule has 28 heavy (non-hydrogen) atoms. The van der Waals surface area contributed by atoms with E-state index in [0.717, 1.165) is 22.7 Å². The van der Waals surface area contributed by atoms with Crippen LogP contribution < -0.4 is 15.5 Å². The van der Waals surface area contributed by atoms with E-state index in [4.69, 9.17) is 0 Å². The number of nitrogens with one attached hydrogen (secondary N) is 2. The lowest BCUT2D eigenvalue weighted by molar-refractivity contribution is -0.122. The molecule has 0 bridgehead atoms. The molecule has 0 radical (unpaired) electrons. The van der Waals surface area contributed by atoms with Crippen molar-refractivity contribution < 1.29 is 14.0 Å². The highest BCUT2D eigenvalue weighted by Gasteiger charge is 2.35. The minimum Gasteiger partial charge on any atom is -0.323 e. The monoisotopic (exact) mass is 399 g/mol. The van der Waals surface area contributed by atoms with Crippen LogP contribution in [0.3, 0.4) is 0 Å². The maximum atomic E-state index is 14.8. The van der Waals surface area contributed by atoms with Gasteiger partial charge >= 0.3 is 0 Å². The van der Waals surface area contributed by atoms with Gasteiger partial charge in [-0.15, -0.1) is 11.8 Å². The van der Waals surface area contributed by atoms with Crippen LogP contribution in [0.15, 0.2) is 41.3 Å². The zero-order valence-corrected chi connectivity index (χ0v) is 16.4. The topological polar surface area (TPSA) is 61.4 Å². The lowest BCUT2D eigenvalue weighted by Crippen LogP contribution is -2.29. The van der Waals surface area contributed by atoms with Crippen molar-refractivity contribution in [3.05, 3.63) is 53.3 Å². The molecular formula is C21H22FN3O2S. The van der Waals surface area contributed by atoms with E-state index in [1.54, 1.807) is 22.7 Å². The number of hydrogen-bond donors (Lipinski definition) is 2. The van der Waals surface area contributed by atoms with Crippen molar-refractivity contribution in [1.82, 2.24) is 5.32 Å². The maximum absolute atomic E-state index is 14.8. The summed E-state index contributed by atoms with van der Waals surface area (Å²) in [5, 5.41) is 5.91. The molecule has 2 aliphatic heterocycles. The van der Waals surface area contributed by atoms with E-state index in [1.165, 1.54) is 0 Å². The van der Waals surface area contributed by atoms with E-state index in [-0.39, 0.29) is 29.7 Å². The summed E-state index contributed by atoms with van der Waals surface area (Å²) in [5.74, 6) is -1.26. The third-order valence-corrected chi connectivity index (χ3v) is 6.05. The van der Waals surface area contributed by atoms with Crippen molar-refractivity contribution in [2.45, 2.75) is 24.3 Å². The average Bonchev–Trinajstić information content (AvgIpc) is 3.12. The first-order valence-corrected chi connectivity index (χ1v) is 10.6.